The smallest absolute Gasteiger partial charge is 0.254 e. The van der Waals surface area contributed by atoms with E-state index in [1.807, 2.05) is 16.6 Å². The topological polar surface area (TPSA) is 81.7 Å². The van der Waals surface area contributed by atoms with Crippen LogP contribution in [-0.4, -0.2) is 46.9 Å². The van der Waals surface area contributed by atoms with Gasteiger partial charge in [-0.05, 0) is 30.9 Å². The number of hydrogen-bond acceptors (Lipinski definition) is 5. The molecule has 8 heteroatoms. The summed E-state index contributed by atoms with van der Waals surface area (Å²) in [5.41, 5.74) is 3.76. The van der Waals surface area contributed by atoms with E-state index in [0.717, 1.165) is 36.0 Å². The normalized spacial score (nSPS) is 16.4. The van der Waals surface area contributed by atoms with Gasteiger partial charge in [0.25, 0.3) is 5.91 Å². The van der Waals surface area contributed by atoms with Crippen LogP contribution in [0.15, 0.2) is 30.9 Å². The highest BCUT2D eigenvalue weighted by atomic mass is 16.2. The Labute approximate surface area is 156 Å². The van der Waals surface area contributed by atoms with Gasteiger partial charge in [-0.3, -0.25) is 14.5 Å². The van der Waals surface area contributed by atoms with Crippen LogP contribution in [0.4, 0.5) is 0 Å². The zero-order valence-electron chi connectivity index (χ0n) is 15.2. The number of aromatic nitrogens is 6. The molecule has 0 unspecified atom stereocenters. The van der Waals surface area contributed by atoms with Crippen molar-refractivity contribution in [2.24, 2.45) is 13.0 Å². The van der Waals surface area contributed by atoms with Crippen molar-refractivity contribution < 1.29 is 4.79 Å². The Morgan fingerprint density at radius 3 is 2.85 bits per heavy atom. The molecule has 0 radical (unpaired) electrons. The van der Waals surface area contributed by atoms with Crippen LogP contribution >= 0.6 is 0 Å². The molecular weight excluding hydrogens is 342 g/mol. The van der Waals surface area contributed by atoms with Crippen molar-refractivity contribution in [1.29, 1.82) is 0 Å². The van der Waals surface area contributed by atoms with Crippen LogP contribution in [0.5, 0.6) is 0 Å². The maximum Gasteiger partial charge on any atom is 0.254 e. The molecule has 5 rings (SSSR count). The Morgan fingerprint density at radius 2 is 2.07 bits per heavy atom. The highest BCUT2D eigenvalue weighted by Gasteiger charge is 2.30. The lowest BCUT2D eigenvalue weighted by Gasteiger charge is -2.27. The molecule has 1 aliphatic carbocycles. The number of carbonyl (C=O) groups excluding carboxylic acids is 1. The van der Waals surface area contributed by atoms with Crippen molar-refractivity contribution in [3.8, 4) is 11.5 Å². The summed E-state index contributed by atoms with van der Waals surface area (Å²) in [5.74, 6) is 1.55. The van der Waals surface area contributed by atoms with Crippen LogP contribution in [0.1, 0.15) is 34.5 Å². The van der Waals surface area contributed by atoms with Gasteiger partial charge in [0.05, 0.1) is 6.54 Å². The molecule has 3 aromatic rings. The van der Waals surface area contributed by atoms with E-state index >= 15 is 0 Å². The Balaban J connectivity index is 1.48. The van der Waals surface area contributed by atoms with Gasteiger partial charge in [-0.1, -0.05) is 0 Å². The quantitative estimate of drug-likeness (QED) is 0.704. The summed E-state index contributed by atoms with van der Waals surface area (Å²) in [4.78, 5) is 18.7. The molecule has 1 saturated carbocycles. The van der Waals surface area contributed by atoms with E-state index < -0.39 is 0 Å². The van der Waals surface area contributed by atoms with Crippen LogP contribution in [0.2, 0.25) is 0 Å². The Hall–Kier alpha value is -3.03. The van der Waals surface area contributed by atoms with Gasteiger partial charge in [0, 0.05) is 55.8 Å². The summed E-state index contributed by atoms with van der Waals surface area (Å²) < 4.78 is 4.03. The summed E-state index contributed by atoms with van der Waals surface area (Å²) in [7, 11) is 1.96. The monoisotopic (exact) mass is 363 g/mol. The van der Waals surface area contributed by atoms with Crippen molar-refractivity contribution in [2.75, 3.05) is 6.54 Å². The maximum atomic E-state index is 12.9. The summed E-state index contributed by atoms with van der Waals surface area (Å²) in [6.07, 6.45) is 8.42. The van der Waals surface area contributed by atoms with Crippen molar-refractivity contribution in [2.45, 2.75) is 32.4 Å². The lowest BCUT2D eigenvalue weighted by Crippen LogP contribution is -2.36. The number of fused-ring (bicyclic) bond motifs is 1. The fourth-order valence-electron chi connectivity index (χ4n) is 3.77. The van der Waals surface area contributed by atoms with Crippen molar-refractivity contribution in [3.63, 3.8) is 0 Å². The van der Waals surface area contributed by atoms with E-state index in [0.29, 0.717) is 18.7 Å². The first-order chi connectivity index (χ1) is 13.2. The second kappa shape index (κ2) is 6.29. The largest absolute Gasteiger partial charge is 0.334 e. The number of amides is 1. The van der Waals surface area contributed by atoms with E-state index in [4.69, 9.17) is 5.10 Å². The summed E-state index contributed by atoms with van der Waals surface area (Å²) in [6, 6.07) is 3.52. The number of pyridine rings is 1. The highest BCUT2D eigenvalue weighted by molar-refractivity contribution is 5.94. The van der Waals surface area contributed by atoms with Crippen LogP contribution in [0, 0.1) is 5.92 Å². The standard InChI is InChI=1S/C19H21N7O/c1-24-16-6-9-25(19(27)14-4-7-20-8-5-14)11-15(16)17(23-24)18-22-21-12-26(18)10-13-2-3-13/h4-5,7-8,12-13H,2-3,6,9-11H2,1H3. The molecule has 27 heavy (non-hydrogen) atoms. The van der Waals surface area contributed by atoms with Gasteiger partial charge in [-0.25, -0.2) is 0 Å². The molecule has 1 amide bonds. The minimum Gasteiger partial charge on any atom is -0.334 e. The zero-order valence-corrected chi connectivity index (χ0v) is 15.2. The van der Waals surface area contributed by atoms with Gasteiger partial charge >= 0.3 is 0 Å². The predicted molar refractivity (Wildman–Crippen MR) is 97.6 cm³/mol. The van der Waals surface area contributed by atoms with Gasteiger partial charge in [-0.15, -0.1) is 10.2 Å². The number of rotatable bonds is 4. The molecule has 0 bridgehead atoms. The molecule has 0 atom stereocenters. The molecule has 0 spiro atoms. The summed E-state index contributed by atoms with van der Waals surface area (Å²) in [5, 5.41) is 13.2. The summed E-state index contributed by atoms with van der Waals surface area (Å²) in [6.45, 7) is 2.16. The molecule has 8 nitrogen and oxygen atoms in total. The molecule has 4 heterocycles. The van der Waals surface area contributed by atoms with E-state index in [1.165, 1.54) is 18.5 Å². The number of carbonyl (C=O) groups is 1. The average molecular weight is 363 g/mol. The van der Waals surface area contributed by atoms with E-state index in [2.05, 4.69) is 19.7 Å². The van der Waals surface area contributed by atoms with Crippen LogP contribution < -0.4 is 0 Å². The lowest BCUT2D eigenvalue weighted by atomic mass is 10.0. The third-order valence-electron chi connectivity index (χ3n) is 5.44. The summed E-state index contributed by atoms with van der Waals surface area (Å²) >= 11 is 0. The SMILES string of the molecule is Cn1nc(-c2nncn2CC2CC2)c2c1CCN(C(=O)c1ccncc1)C2. The fraction of sp³-hybridized carbons (Fsp3) is 0.421. The first kappa shape index (κ1) is 16.2. The van der Waals surface area contributed by atoms with Crippen LogP contribution in [0.25, 0.3) is 11.5 Å². The Morgan fingerprint density at radius 1 is 1.26 bits per heavy atom. The third kappa shape index (κ3) is 2.90. The first-order valence-corrected chi connectivity index (χ1v) is 9.33. The van der Waals surface area contributed by atoms with Gasteiger partial charge in [0.1, 0.15) is 12.0 Å². The van der Waals surface area contributed by atoms with Crippen molar-refractivity contribution in [1.82, 2.24) is 34.4 Å². The predicted octanol–water partition coefficient (Wildman–Crippen LogP) is 1.68. The zero-order chi connectivity index (χ0) is 18.4. The van der Waals surface area contributed by atoms with Gasteiger partial charge < -0.3 is 9.47 Å². The number of hydrogen-bond donors (Lipinski definition) is 0. The Kier molecular flexibility index (Phi) is 3.77. The van der Waals surface area contributed by atoms with E-state index in [1.54, 1.807) is 30.9 Å². The lowest BCUT2D eigenvalue weighted by molar-refractivity contribution is 0.0733. The molecular formula is C19H21N7O. The fourth-order valence-corrected chi connectivity index (χ4v) is 3.77. The van der Waals surface area contributed by atoms with Crippen molar-refractivity contribution >= 4 is 5.91 Å². The number of aryl methyl sites for hydroxylation is 1. The molecule has 3 aromatic heterocycles. The molecule has 1 fully saturated rings. The number of nitrogens with zero attached hydrogens (tertiary/aromatic N) is 7. The van der Waals surface area contributed by atoms with Crippen LogP contribution in [-0.2, 0) is 26.6 Å². The molecule has 0 N–H and O–H groups in total. The third-order valence-corrected chi connectivity index (χ3v) is 5.44. The van der Waals surface area contributed by atoms with Crippen molar-refractivity contribution in [3.05, 3.63) is 47.7 Å². The van der Waals surface area contributed by atoms with Gasteiger partial charge in [-0.2, -0.15) is 5.10 Å². The first-order valence-electron chi connectivity index (χ1n) is 9.33. The second-order valence-electron chi connectivity index (χ2n) is 7.36. The second-order valence-corrected chi connectivity index (χ2v) is 7.36. The average Bonchev–Trinajstić information content (AvgIpc) is 3.31. The molecule has 0 saturated heterocycles. The van der Waals surface area contributed by atoms with E-state index in [-0.39, 0.29) is 5.91 Å². The van der Waals surface area contributed by atoms with E-state index in [9.17, 15) is 4.79 Å². The maximum absolute atomic E-state index is 12.9. The van der Waals surface area contributed by atoms with Crippen LogP contribution in [0.3, 0.4) is 0 Å². The Bertz CT molecular complexity index is 987. The van der Waals surface area contributed by atoms with Gasteiger partial charge in [0.15, 0.2) is 5.82 Å². The minimum atomic E-state index is 0.0253. The minimum absolute atomic E-state index is 0.0253. The molecule has 2 aliphatic rings. The molecule has 0 aromatic carbocycles. The molecule has 138 valence electrons. The molecule has 1 aliphatic heterocycles. The highest BCUT2D eigenvalue weighted by Crippen LogP contribution is 2.33. The van der Waals surface area contributed by atoms with Gasteiger partial charge in [0.2, 0.25) is 0 Å².